The number of piperazine rings is 1. The second-order valence-corrected chi connectivity index (χ2v) is 11.0. The molecule has 2 aliphatic rings. The van der Waals surface area contributed by atoms with E-state index in [1.807, 2.05) is 17.0 Å². The zero-order valence-corrected chi connectivity index (χ0v) is 20.0. The number of aryl methyl sites for hydroxylation is 2. The Hall–Kier alpha value is -2.30. The Morgan fingerprint density at radius 3 is 2.33 bits per heavy atom. The van der Waals surface area contributed by atoms with Crippen molar-refractivity contribution in [3.8, 4) is 0 Å². The first kappa shape index (κ1) is 23.8. The van der Waals surface area contributed by atoms with Crippen LogP contribution < -0.4 is 5.32 Å². The predicted octanol–water partition coefficient (Wildman–Crippen LogP) is 2.37. The molecule has 1 N–H and O–H groups in total. The van der Waals surface area contributed by atoms with Crippen LogP contribution in [0.5, 0.6) is 0 Å². The Kier molecular flexibility index (Phi) is 6.88. The number of aromatic nitrogens is 1. The second kappa shape index (κ2) is 9.52. The van der Waals surface area contributed by atoms with Gasteiger partial charge in [0.2, 0.25) is 15.9 Å². The third kappa shape index (κ3) is 4.97. The van der Waals surface area contributed by atoms with E-state index in [0.29, 0.717) is 38.4 Å². The lowest BCUT2D eigenvalue weighted by atomic mass is 9.79. The summed E-state index contributed by atoms with van der Waals surface area (Å²) in [6.07, 6.45) is 4.12. The fraction of sp³-hybridized carbons (Fsp3) is 0.565. The number of rotatable bonds is 7. The molecule has 0 atom stereocenters. The molecular formula is C23H31FN4O4S. The number of hydrogen-bond donors (Lipinski definition) is 1. The van der Waals surface area contributed by atoms with E-state index in [1.54, 1.807) is 13.8 Å². The van der Waals surface area contributed by atoms with Crippen LogP contribution in [0.15, 0.2) is 33.7 Å². The number of amides is 1. The van der Waals surface area contributed by atoms with Crippen molar-refractivity contribution in [3.05, 3.63) is 47.1 Å². The van der Waals surface area contributed by atoms with Crippen molar-refractivity contribution >= 4 is 15.9 Å². The molecule has 1 aliphatic carbocycles. The summed E-state index contributed by atoms with van der Waals surface area (Å²) < 4.78 is 45.7. The van der Waals surface area contributed by atoms with Crippen molar-refractivity contribution in [2.75, 3.05) is 39.3 Å². The fourth-order valence-electron chi connectivity index (χ4n) is 5.05. The molecule has 2 heterocycles. The number of benzene rings is 1. The molecule has 1 saturated heterocycles. The smallest absolute Gasteiger partial charge is 0.248 e. The molecule has 0 unspecified atom stereocenters. The molecule has 1 aliphatic heterocycles. The van der Waals surface area contributed by atoms with Crippen molar-refractivity contribution < 1.29 is 22.1 Å². The van der Waals surface area contributed by atoms with Gasteiger partial charge in [0.1, 0.15) is 16.4 Å². The highest BCUT2D eigenvalue weighted by molar-refractivity contribution is 7.89. The molecule has 1 saturated carbocycles. The SMILES string of the molecule is Cc1noc(C)c1S(=O)(=O)N1CCN(CC(=O)NCC2(c3ccc(F)cc3)CCCC2)CC1. The van der Waals surface area contributed by atoms with Gasteiger partial charge in [-0.3, -0.25) is 9.69 Å². The molecule has 1 aromatic heterocycles. The van der Waals surface area contributed by atoms with Gasteiger partial charge < -0.3 is 9.84 Å². The van der Waals surface area contributed by atoms with Crippen LogP contribution in [0.3, 0.4) is 0 Å². The lowest BCUT2D eigenvalue weighted by Gasteiger charge is -2.34. The molecule has 0 spiro atoms. The monoisotopic (exact) mass is 478 g/mol. The number of nitrogens with one attached hydrogen (secondary N) is 1. The minimum absolute atomic E-state index is 0.0783. The zero-order chi connectivity index (χ0) is 23.6. The van der Waals surface area contributed by atoms with Crippen LogP contribution in [0.25, 0.3) is 0 Å². The molecule has 180 valence electrons. The highest BCUT2D eigenvalue weighted by Crippen LogP contribution is 2.40. The Morgan fingerprint density at radius 2 is 1.76 bits per heavy atom. The summed E-state index contributed by atoms with van der Waals surface area (Å²) in [6, 6.07) is 6.61. The molecule has 10 heteroatoms. The van der Waals surface area contributed by atoms with E-state index in [1.165, 1.54) is 16.4 Å². The van der Waals surface area contributed by atoms with E-state index >= 15 is 0 Å². The van der Waals surface area contributed by atoms with Crippen molar-refractivity contribution in [3.63, 3.8) is 0 Å². The Labute approximate surface area is 194 Å². The van der Waals surface area contributed by atoms with Gasteiger partial charge in [-0.15, -0.1) is 0 Å². The first-order valence-corrected chi connectivity index (χ1v) is 12.8. The largest absolute Gasteiger partial charge is 0.360 e. The van der Waals surface area contributed by atoms with Crippen molar-refractivity contribution in [1.29, 1.82) is 0 Å². The highest BCUT2D eigenvalue weighted by atomic mass is 32.2. The molecule has 2 fully saturated rings. The highest BCUT2D eigenvalue weighted by Gasteiger charge is 2.37. The van der Waals surface area contributed by atoms with Gasteiger partial charge in [0.05, 0.1) is 6.54 Å². The van der Waals surface area contributed by atoms with Crippen molar-refractivity contribution in [2.24, 2.45) is 0 Å². The van der Waals surface area contributed by atoms with Crippen LogP contribution in [0.4, 0.5) is 4.39 Å². The fourth-order valence-corrected chi connectivity index (χ4v) is 6.76. The van der Waals surface area contributed by atoms with Gasteiger partial charge in [-0.25, -0.2) is 12.8 Å². The number of hydrogen-bond acceptors (Lipinski definition) is 6. The summed E-state index contributed by atoms with van der Waals surface area (Å²) in [5.74, 6) is -0.0480. The van der Waals surface area contributed by atoms with E-state index in [9.17, 15) is 17.6 Å². The van der Waals surface area contributed by atoms with E-state index in [-0.39, 0.29) is 34.3 Å². The van der Waals surface area contributed by atoms with Crippen LogP contribution in [-0.2, 0) is 20.2 Å². The Bertz CT molecular complexity index is 1070. The van der Waals surface area contributed by atoms with Gasteiger partial charge in [-0.2, -0.15) is 4.31 Å². The summed E-state index contributed by atoms with van der Waals surface area (Å²) >= 11 is 0. The van der Waals surface area contributed by atoms with Gasteiger partial charge in [-0.05, 0) is 44.4 Å². The molecule has 2 aromatic rings. The average molecular weight is 479 g/mol. The second-order valence-electron chi connectivity index (χ2n) is 9.10. The van der Waals surface area contributed by atoms with Gasteiger partial charge >= 0.3 is 0 Å². The lowest BCUT2D eigenvalue weighted by Crippen LogP contribution is -2.51. The number of sulfonamides is 1. The van der Waals surface area contributed by atoms with Crippen LogP contribution in [0.1, 0.15) is 42.7 Å². The Balaban J connectivity index is 1.31. The Morgan fingerprint density at radius 1 is 1.12 bits per heavy atom. The third-order valence-corrected chi connectivity index (χ3v) is 9.05. The van der Waals surface area contributed by atoms with Crippen molar-refractivity contribution in [2.45, 2.75) is 49.8 Å². The number of halogens is 1. The molecular weight excluding hydrogens is 447 g/mol. The molecule has 0 bridgehead atoms. The average Bonchev–Trinajstić information content (AvgIpc) is 3.40. The summed E-state index contributed by atoms with van der Waals surface area (Å²) in [5, 5.41) is 6.83. The number of carbonyl (C=O) groups excluding carboxylic acids is 1. The molecule has 33 heavy (non-hydrogen) atoms. The zero-order valence-electron chi connectivity index (χ0n) is 19.1. The summed E-state index contributed by atoms with van der Waals surface area (Å²) in [6.45, 7) is 5.51. The van der Waals surface area contributed by atoms with Gasteiger partial charge in [-0.1, -0.05) is 30.1 Å². The maximum Gasteiger partial charge on any atom is 0.248 e. The summed E-state index contributed by atoms with van der Waals surface area (Å²) in [7, 11) is -3.67. The minimum Gasteiger partial charge on any atom is -0.360 e. The standard InChI is InChI=1S/C23H31FN4O4S/c1-17-22(18(2)32-26-17)33(30,31)28-13-11-27(12-14-28)15-21(29)25-16-23(9-3-4-10-23)19-5-7-20(24)8-6-19/h5-8H,3-4,9-16H2,1-2H3,(H,25,29). The molecule has 0 radical (unpaired) electrons. The minimum atomic E-state index is -3.67. The first-order valence-electron chi connectivity index (χ1n) is 11.4. The van der Waals surface area contributed by atoms with E-state index in [2.05, 4.69) is 10.5 Å². The number of carbonyl (C=O) groups is 1. The maximum absolute atomic E-state index is 13.4. The molecule has 8 nitrogen and oxygen atoms in total. The van der Waals surface area contributed by atoms with Gasteiger partial charge in [0.25, 0.3) is 0 Å². The van der Waals surface area contributed by atoms with Gasteiger partial charge in [0.15, 0.2) is 5.76 Å². The summed E-state index contributed by atoms with van der Waals surface area (Å²) in [4.78, 5) is 14.8. The third-order valence-electron chi connectivity index (χ3n) is 6.91. The normalized spacial score (nSPS) is 19.6. The topological polar surface area (TPSA) is 95.8 Å². The number of nitrogens with zero attached hydrogens (tertiary/aromatic N) is 3. The van der Waals surface area contributed by atoms with Crippen LogP contribution in [0, 0.1) is 19.7 Å². The summed E-state index contributed by atoms with van der Waals surface area (Å²) in [5.41, 5.74) is 1.28. The van der Waals surface area contributed by atoms with Crippen molar-refractivity contribution in [1.82, 2.24) is 19.7 Å². The molecule has 1 amide bonds. The van der Waals surface area contributed by atoms with E-state index < -0.39 is 10.0 Å². The van der Waals surface area contributed by atoms with Gasteiger partial charge in [0, 0.05) is 38.1 Å². The van der Waals surface area contributed by atoms with E-state index in [0.717, 1.165) is 31.2 Å². The van der Waals surface area contributed by atoms with Crippen LogP contribution in [0.2, 0.25) is 0 Å². The molecule has 4 rings (SSSR count). The van der Waals surface area contributed by atoms with E-state index in [4.69, 9.17) is 4.52 Å². The molecule has 1 aromatic carbocycles. The first-order chi connectivity index (χ1) is 15.7. The quantitative estimate of drug-likeness (QED) is 0.657. The predicted molar refractivity (Wildman–Crippen MR) is 121 cm³/mol. The lowest BCUT2D eigenvalue weighted by molar-refractivity contribution is -0.122. The maximum atomic E-state index is 13.4. The van der Waals surface area contributed by atoms with Crippen LogP contribution in [-0.4, -0.2) is 68.0 Å². The van der Waals surface area contributed by atoms with Crippen LogP contribution >= 0.6 is 0 Å².